The summed E-state index contributed by atoms with van der Waals surface area (Å²) in [6.07, 6.45) is 3.66. The Balaban J connectivity index is 1.48. The Morgan fingerprint density at radius 2 is 1.67 bits per heavy atom. The topological polar surface area (TPSA) is 128 Å². The fourth-order valence-electron chi connectivity index (χ4n) is 6.20. The number of carbonyl (C=O) groups excluding carboxylic acids is 3. The quantitative estimate of drug-likeness (QED) is 0.142. The normalized spacial score (nSPS) is 17.1. The number of hydrogen-bond donors (Lipinski definition) is 3. The summed E-state index contributed by atoms with van der Waals surface area (Å²) in [5.41, 5.74) is 9.65. The molecule has 46 heavy (non-hydrogen) atoms. The van der Waals surface area contributed by atoms with Gasteiger partial charge in [-0.2, -0.15) is 0 Å². The van der Waals surface area contributed by atoms with Crippen molar-refractivity contribution in [3.05, 3.63) is 100 Å². The number of hydrazine groups is 1. The molecule has 1 saturated heterocycles. The fourth-order valence-corrected chi connectivity index (χ4v) is 6.37. The molecule has 242 valence electrons. The van der Waals surface area contributed by atoms with E-state index in [-0.39, 0.29) is 28.7 Å². The van der Waals surface area contributed by atoms with Crippen molar-refractivity contribution in [3.8, 4) is 0 Å². The van der Waals surface area contributed by atoms with E-state index in [1.165, 1.54) is 30.0 Å². The van der Waals surface area contributed by atoms with Crippen LogP contribution in [0.25, 0.3) is 0 Å². The lowest BCUT2D eigenvalue weighted by molar-refractivity contribution is -0.136. The Labute approximate surface area is 273 Å². The predicted molar refractivity (Wildman–Crippen MR) is 179 cm³/mol. The van der Waals surface area contributed by atoms with Crippen molar-refractivity contribution in [1.82, 2.24) is 9.80 Å². The molecule has 0 aromatic heterocycles. The van der Waals surface area contributed by atoms with E-state index in [0.717, 1.165) is 48.4 Å². The Hall–Kier alpha value is -4.45. The van der Waals surface area contributed by atoms with Gasteiger partial charge < -0.3 is 25.8 Å². The van der Waals surface area contributed by atoms with Crippen molar-refractivity contribution in [2.75, 3.05) is 49.0 Å². The second kappa shape index (κ2) is 13.9. The van der Waals surface area contributed by atoms with Crippen molar-refractivity contribution in [2.45, 2.75) is 38.3 Å². The number of anilines is 3. The number of piperidine rings is 1. The summed E-state index contributed by atoms with van der Waals surface area (Å²) >= 11 is 5.91. The van der Waals surface area contributed by atoms with Crippen molar-refractivity contribution in [2.24, 2.45) is 11.6 Å². The number of rotatable bonds is 8. The van der Waals surface area contributed by atoms with Crippen LogP contribution in [0.2, 0.25) is 5.02 Å². The van der Waals surface area contributed by atoms with Crippen LogP contribution in [0.5, 0.6) is 0 Å². The number of fused-ring (bicyclic) bond motifs is 1. The predicted octanol–water partition coefficient (Wildman–Crippen LogP) is 4.46. The first-order chi connectivity index (χ1) is 22.0. The first kappa shape index (κ1) is 32.9. The Morgan fingerprint density at radius 3 is 2.33 bits per heavy atom. The Kier molecular flexibility index (Phi) is 9.95. The zero-order chi connectivity index (χ0) is 33.1. The molecule has 12 heteroatoms. The largest absolute Gasteiger partial charge is 0.393 e. The zero-order valence-corrected chi connectivity index (χ0v) is 26.9. The van der Waals surface area contributed by atoms with Gasteiger partial charge >= 0.3 is 0 Å². The fraction of sp³-hybridized carbons (Fsp3) is 0.324. The molecule has 2 aliphatic heterocycles. The van der Waals surface area contributed by atoms with Crippen molar-refractivity contribution in [3.63, 3.8) is 0 Å². The summed E-state index contributed by atoms with van der Waals surface area (Å²) in [5.74, 6) is 4.15. The molecule has 0 saturated carbocycles. The summed E-state index contributed by atoms with van der Waals surface area (Å²) in [6.45, 7) is 3.44. The molecule has 5 rings (SSSR count). The van der Waals surface area contributed by atoms with Gasteiger partial charge in [-0.3, -0.25) is 19.4 Å². The van der Waals surface area contributed by atoms with Crippen LogP contribution in [-0.2, 0) is 16.0 Å². The average molecular weight is 648 g/mol. The van der Waals surface area contributed by atoms with Crippen molar-refractivity contribution < 1.29 is 18.8 Å². The second-order valence-electron chi connectivity index (χ2n) is 11.9. The maximum Gasteiger partial charge on any atom is 0.272 e. The first-order valence-electron chi connectivity index (χ1n) is 15.2. The standard InChI is InChI=1S/C34H39ClFN7O3/c1-21(44)22-10-12-23(13-11-22)39-33(45)32-26-6-4-8-29(41-17-14-24(15-18-41)40(2)3)25(26)16-19-42(32)34(46)28(37)20-43(38)30-9-5-7-27(35)31(30)36/h4-13,20,24,32H,14-19,37-38H2,1-3H3,(H,39,45)/b28-20-. The molecule has 0 spiro atoms. The molecule has 1 atom stereocenters. The van der Waals surface area contributed by atoms with Crippen LogP contribution in [-0.4, -0.2) is 67.2 Å². The van der Waals surface area contributed by atoms with E-state index in [4.69, 9.17) is 23.2 Å². The molecule has 10 nitrogen and oxygen atoms in total. The number of benzene rings is 3. The summed E-state index contributed by atoms with van der Waals surface area (Å²) < 4.78 is 14.6. The molecular weight excluding hydrogens is 609 g/mol. The van der Waals surface area contributed by atoms with Crippen LogP contribution in [0.4, 0.5) is 21.5 Å². The van der Waals surface area contributed by atoms with E-state index in [2.05, 4.69) is 35.3 Å². The molecule has 1 fully saturated rings. The van der Waals surface area contributed by atoms with Gasteiger partial charge in [0.2, 0.25) is 0 Å². The van der Waals surface area contributed by atoms with Gasteiger partial charge in [0.05, 0.1) is 16.9 Å². The number of ketones is 1. The van der Waals surface area contributed by atoms with Gasteiger partial charge in [-0.05, 0) is 93.9 Å². The number of nitrogens with two attached hydrogens (primary N) is 2. The number of nitrogens with zero attached hydrogens (tertiary/aromatic N) is 4. The maximum atomic E-state index is 14.6. The number of hydrogen-bond acceptors (Lipinski definition) is 8. The smallest absolute Gasteiger partial charge is 0.272 e. The number of Topliss-reactive ketones (excluding diaryl/α,β-unsaturated/α-hetero) is 1. The van der Waals surface area contributed by atoms with E-state index in [0.29, 0.717) is 29.3 Å². The highest BCUT2D eigenvalue weighted by molar-refractivity contribution is 6.31. The van der Waals surface area contributed by atoms with Crippen LogP contribution < -0.4 is 26.8 Å². The molecular formula is C34H39ClFN7O3. The lowest BCUT2D eigenvalue weighted by Gasteiger charge is -2.41. The minimum absolute atomic E-state index is 0.0711. The highest BCUT2D eigenvalue weighted by Crippen LogP contribution is 2.38. The minimum Gasteiger partial charge on any atom is -0.393 e. The third-order valence-electron chi connectivity index (χ3n) is 8.73. The van der Waals surface area contributed by atoms with Gasteiger partial charge in [-0.25, -0.2) is 10.2 Å². The molecule has 2 aliphatic rings. The Morgan fingerprint density at radius 1 is 1.00 bits per heavy atom. The molecule has 0 bridgehead atoms. The molecule has 1 unspecified atom stereocenters. The van der Waals surface area contributed by atoms with Crippen molar-refractivity contribution in [1.29, 1.82) is 0 Å². The third-order valence-corrected chi connectivity index (χ3v) is 9.03. The van der Waals surface area contributed by atoms with E-state index < -0.39 is 23.7 Å². The van der Waals surface area contributed by atoms with E-state index in [9.17, 15) is 18.8 Å². The van der Waals surface area contributed by atoms with E-state index in [1.807, 2.05) is 12.1 Å². The van der Waals surface area contributed by atoms with Gasteiger partial charge in [0.15, 0.2) is 11.6 Å². The molecule has 0 radical (unpaired) electrons. The highest BCUT2D eigenvalue weighted by Gasteiger charge is 2.38. The molecule has 5 N–H and O–H groups in total. The van der Waals surface area contributed by atoms with Crippen LogP contribution in [0, 0.1) is 5.82 Å². The molecule has 2 heterocycles. The third kappa shape index (κ3) is 6.86. The van der Waals surface area contributed by atoms with Crippen molar-refractivity contribution >= 4 is 46.3 Å². The highest BCUT2D eigenvalue weighted by atomic mass is 35.5. The maximum absolute atomic E-state index is 14.6. The second-order valence-corrected chi connectivity index (χ2v) is 12.3. The van der Waals surface area contributed by atoms with Gasteiger partial charge in [0.25, 0.3) is 11.8 Å². The molecule has 0 aliphatic carbocycles. The summed E-state index contributed by atoms with van der Waals surface area (Å²) in [5, 5.41) is 3.68. The first-order valence-corrected chi connectivity index (χ1v) is 15.5. The van der Waals surface area contributed by atoms with Gasteiger partial charge in [0, 0.05) is 42.6 Å². The van der Waals surface area contributed by atoms with Crippen LogP contribution in [0.1, 0.15) is 47.3 Å². The summed E-state index contributed by atoms with van der Waals surface area (Å²) in [4.78, 5) is 45.8. The van der Waals surface area contributed by atoms with Gasteiger partial charge in [-0.15, -0.1) is 0 Å². The van der Waals surface area contributed by atoms with E-state index >= 15 is 0 Å². The monoisotopic (exact) mass is 647 g/mol. The Bertz CT molecular complexity index is 1650. The molecule has 3 aromatic rings. The number of nitrogens with one attached hydrogen (secondary N) is 1. The molecule has 3 aromatic carbocycles. The summed E-state index contributed by atoms with van der Waals surface area (Å²) in [6, 6.07) is 16.2. The number of amides is 2. The molecule has 2 amide bonds. The SMILES string of the molecule is CC(=O)c1ccc(NC(=O)C2c3cccc(N4CCC(N(C)C)CC4)c3CCN2C(=O)/C(N)=C/N(N)c2cccc(Cl)c2F)cc1. The summed E-state index contributed by atoms with van der Waals surface area (Å²) in [7, 11) is 4.20. The van der Waals surface area contributed by atoms with Crippen LogP contribution in [0.3, 0.4) is 0 Å². The zero-order valence-electron chi connectivity index (χ0n) is 26.2. The van der Waals surface area contributed by atoms with Gasteiger partial charge in [-0.1, -0.05) is 29.8 Å². The van der Waals surface area contributed by atoms with Gasteiger partial charge in [0.1, 0.15) is 11.7 Å². The van der Waals surface area contributed by atoms with E-state index in [1.54, 1.807) is 24.3 Å². The lowest BCUT2D eigenvalue weighted by Crippen LogP contribution is -2.48. The van der Waals surface area contributed by atoms with Crippen LogP contribution >= 0.6 is 11.6 Å². The minimum atomic E-state index is -1.02. The number of carbonyl (C=O) groups is 3. The van der Waals surface area contributed by atoms with Crippen LogP contribution in [0.15, 0.2) is 72.6 Å². The average Bonchev–Trinajstić information content (AvgIpc) is 3.04. The lowest BCUT2D eigenvalue weighted by atomic mass is 9.89. The number of halogens is 2.